The highest BCUT2D eigenvalue weighted by Gasteiger charge is 2.13. The molecule has 0 radical (unpaired) electrons. The van der Waals surface area contributed by atoms with Crippen molar-refractivity contribution in [1.29, 1.82) is 0 Å². The zero-order valence-electron chi connectivity index (χ0n) is 6.85. The van der Waals surface area contributed by atoms with Crippen LogP contribution < -0.4 is 0 Å². The molecule has 0 bridgehead atoms. The molecule has 1 nitrogen and oxygen atoms in total. The van der Waals surface area contributed by atoms with Gasteiger partial charge in [-0.3, -0.25) is 0 Å². The average Bonchev–Trinajstić information content (AvgIpc) is 2.37. The van der Waals surface area contributed by atoms with Crippen LogP contribution in [-0.2, 0) is 4.52 Å². The van der Waals surface area contributed by atoms with Crippen molar-refractivity contribution in [2.45, 2.75) is 13.3 Å². The average molecular weight is 193 g/mol. The SMILES string of the molecule is CC1=CCP(OCCCCl)C1. The van der Waals surface area contributed by atoms with Crippen LogP contribution in [0.1, 0.15) is 13.3 Å². The van der Waals surface area contributed by atoms with Crippen LogP contribution in [0, 0.1) is 0 Å². The largest absolute Gasteiger partial charge is 0.359 e. The van der Waals surface area contributed by atoms with Gasteiger partial charge in [0.15, 0.2) is 0 Å². The first-order valence-corrected chi connectivity index (χ1v) is 6.09. The minimum absolute atomic E-state index is 0.147. The maximum absolute atomic E-state index is 5.64. The van der Waals surface area contributed by atoms with E-state index in [-0.39, 0.29) is 8.15 Å². The third kappa shape index (κ3) is 3.55. The van der Waals surface area contributed by atoms with Crippen LogP contribution in [0.3, 0.4) is 0 Å². The zero-order valence-corrected chi connectivity index (χ0v) is 8.50. The van der Waals surface area contributed by atoms with Crippen LogP contribution in [0.15, 0.2) is 11.6 Å². The molecule has 0 aliphatic carbocycles. The van der Waals surface area contributed by atoms with Gasteiger partial charge >= 0.3 is 0 Å². The van der Waals surface area contributed by atoms with E-state index in [1.54, 1.807) is 0 Å². The smallest absolute Gasteiger partial charge is 0.0520 e. The minimum Gasteiger partial charge on any atom is -0.359 e. The van der Waals surface area contributed by atoms with Gasteiger partial charge in [-0.25, -0.2) is 0 Å². The molecular weight excluding hydrogens is 179 g/mol. The first-order chi connectivity index (χ1) is 5.33. The van der Waals surface area contributed by atoms with Crippen LogP contribution in [0.5, 0.6) is 0 Å². The molecule has 3 heteroatoms. The van der Waals surface area contributed by atoms with Crippen molar-refractivity contribution in [2.75, 3.05) is 24.8 Å². The van der Waals surface area contributed by atoms with E-state index in [9.17, 15) is 0 Å². The van der Waals surface area contributed by atoms with Gasteiger partial charge in [-0.2, -0.15) is 0 Å². The predicted molar refractivity (Wildman–Crippen MR) is 51.7 cm³/mol. The van der Waals surface area contributed by atoms with Crippen molar-refractivity contribution in [3.05, 3.63) is 11.6 Å². The highest BCUT2D eigenvalue weighted by atomic mass is 35.5. The van der Waals surface area contributed by atoms with E-state index in [2.05, 4.69) is 13.0 Å². The summed E-state index contributed by atoms with van der Waals surface area (Å²) in [5.74, 6) is 0.718. The highest BCUT2D eigenvalue weighted by molar-refractivity contribution is 7.53. The van der Waals surface area contributed by atoms with Crippen molar-refractivity contribution in [3.8, 4) is 0 Å². The summed E-state index contributed by atoms with van der Waals surface area (Å²) < 4.78 is 5.64. The molecule has 0 saturated carbocycles. The zero-order chi connectivity index (χ0) is 8.10. The molecule has 1 unspecified atom stereocenters. The van der Waals surface area contributed by atoms with E-state index >= 15 is 0 Å². The molecule has 1 aliphatic rings. The van der Waals surface area contributed by atoms with Crippen LogP contribution in [0.2, 0.25) is 0 Å². The summed E-state index contributed by atoms with van der Waals surface area (Å²) in [6.45, 7) is 3.02. The molecule has 0 N–H and O–H groups in total. The lowest BCUT2D eigenvalue weighted by molar-refractivity contribution is 0.355. The number of halogens is 1. The second kappa shape index (κ2) is 5.13. The van der Waals surface area contributed by atoms with Gasteiger partial charge in [-0.15, -0.1) is 11.6 Å². The van der Waals surface area contributed by atoms with Crippen LogP contribution in [-0.4, -0.2) is 24.8 Å². The number of allylic oxidation sites excluding steroid dienone is 2. The molecule has 1 rings (SSSR count). The Morgan fingerprint density at radius 3 is 3.09 bits per heavy atom. The number of hydrogen-bond donors (Lipinski definition) is 0. The Morgan fingerprint density at radius 2 is 2.55 bits per heavy atom. The van der Waals surface area contributed by atoms with Gasteiger partial charge in [0.1, 0.15) is 0 Å². The summed E-state index contributed by atoms with van der Waals surface area (Å²) in [5, 5.41) is 0. The lowest BCUT2D eigenvalue weighted by atomic mass is 10.3. The Bertz CT molecular complexity index is 147. The predicted octanol–water partition coefficient (Wildman–Crippen LogP) is 2.99. The molecule has 0 amide bonds. The monoisotopic (exact) mass is 192 g/mol. The molecule has 0 saturated heterocycles. The molecule has 1 aliphatic heterocycles. The van der Waals surface area contributed by atoms with Gasteiger partial charge in [0, 0.05) is 26.4 Å². The molecule has 11 heavy (non-hydrogen) atoms. The van der Waals surface area contributed by atoms with Gasteiger partial charge < -0.3 is 4.52 Å². The second-order valence-electron chi connectivity index (χ2n) is 2.75. The first kappa shape index (κ1) is 9.51. The topological polar surface area (TPSA) is 9.23 Å². The molecule has 0 fully saturated rings. The Kier molecular flexibility index (Phi) is 4.44. The van der Waals surface area contributed by atoms with E-state index in [1.807, 2.05) is 0 Å². The molecule has 0 spiro atoms. The minimum atomic E-state index is -0.147. The third-order valence-electron chi connectivity index (χ3n) is 1.62. The summed E-state index contributed by atoms with van der Waals surface area (Å²) in [6, 6.07) is 0. The summed E-state index contributed by atoms with van der Waals surface area (Å²) >= 11 is 5.53. The van der Waals surface area contributed by atoms with Crippen molar-refractivity contribution >= 4 is 19.7 Å². The van der Waals surface area contributed by atoms with Crippen molar-refractivity contribution in [2.24, 2.45) is 0 Å². The van der Waals surface area contributed by atoms with E-state index in [1.165, 1.54) is 11.7 Å². The fraction of sp³-hybridized carbons (Fsp3) is 0.750. The fourth-order valence-corrected chi connectivity index (χ4v) is 3.03. The molecule has 1 heterocycles. The lowest BCUT2D eigenvalue weighted by Crippen LogP contribution is -1.92. The van der Waals surface area contributed by atoms with E-state index in [0.717, 1.165) is 25.1 Å². The van der Waals surface area contributed by atoms with Crippen LogP contribution >= 0.6 is 19.7 Å². The number of alkyl halides is 1. The lowest BCUT2D eigenvalue weighted by Gasteiger charge is -2.09. The normalized spacial score (nSPS) is 23.8. The summed E-state index contributed by atoms with van der Waals surface area (Å²) in [4.78, 5) is 0. The van der Waals surface area contributed by atoms with Gasteiger partial charge in [-0.05, 0) is 13.3 Å². The van der Waals surface area contributed by atoms with Gasteiger partial charge in [0.05, 0.1) is 6.61 Å². The van der Waals surface area contributed by atoms with E-state index < -0.39 is 0 Å². The summed E-state index contributed by atoms with van der Waals surface area (Å²) in [6.07, 6.45) is 5.60. The fourth-order valence-electron chi connectivity index (χ4n) is 1.01. The second-order valence-corrected chi connectivity index (χ2v) is 5.03. The van der Waals surface area contributed by atoms with Crippen molar-refractivity contribution in [1.82, 2.24) is 0 Å². The van der Waals surface area contributed by atoms with Gasteiger partial charge in [-0.1, -0.05) is 11.6 Å². The van der Waals surface area contributed by atoms with E-state index in [4.69, 9.17) is 16.1 Å². The molecular formula is C8H14ClOP. The number of hydrogen-bond acceptors (Lipinski definition) is 1. The Labute approximate surface area is 74.6 Å². The Hall–Kier alpha value is 0.420. The Balaban J connectivity index is 2.02. The van der Waals surface area contributed by atoms with E-state index in [0.29, 0.717) is 0 Å². The summed E-state index contributed by atoms with van der Waals surface area (Å²) in [5.41, 5.74) is 1.49. The molecule has 0 aromatic heterocycles. The molecule has 0 aromatic rings. The third-order valence-corrected chi connectivity index (χ3v) is 3.88. The van der Waals surface area contributed by atoms with Gasteiger partial charge in [0.2, 0.25) is 0 Å². The standard InChI is InChI=1S/C8H14ClOP/c1-8-3-6-11(7-8)10-5-2-4-9/h3H,2,4-7H2,1H3. The maximum atomic E-state index is 5.64. The highest BCUT2D eigenvalue weighted by Crippen LogP contribution is 2.43. The van der Waals surface area contributed by atoms with Gasteiger partial charge in [0.25, 0.3) is 0 Å². The quantitative estimate of drug-likeness (QED) is 0.288. The van der Waals surface area contributed by atoms with Crippen LogP contribution in [0.4, 0.5) is 0 Å². The molecule has 0 aromatic carbocycles. The van der Waals surface area contributed by atoms with Crippen molar-refractivity contribution in [3.63, 3.8) is 0 Å². The summed E-state index contributed by atoms with van der Waals surface area (Å²) in [7, 11) is -0.147. The van der Waals surface area contributed by atoms with Crippen LogP contribution in [0.25, 0.3) is 0 Å². The molecule has 1 atom stereocenters. The maximum Gasteiger partial charge on any atom is 0.0520 e. The molecule has 64 valence electrons. The number of rotatable bonds is 4. The van der Waals surface area contributed by atoms with Crippen molar-refractivity contribution < 1.29 is 4.52 Å². The Morgan fingerprint density at radius 1 is 1.73 bits per heavy atom. The first-order valence-electron chi connectivity index (χ1n) is 3.92.